The lowest BCUT2D eigenvalue weighted by Gasteiger charge is -2.23. The van der Waals surface area contributed by atoms with E-state index in [1.54, 1.807) is 12.4 Å². The van der Waals surface area contributed by atoms with Crippen LogP contribution in [0.3, 0.4) is 0 Å². The van der Waals surface area contributed by atoms with Crippen molar-refractivity contribution in [3.63, 3.8) is 0 Å². The van der Waals surface area contributed by atoms with Gasteiger partial charge in [0.05, 0.1) is 11.9 Å². The average Bonchev–Trinajstić information content (AvgIpc) is 3.30. The monoisotopic (exact) mass is 305 g/mol. The molecule has 0 saturated heterocycles. The van der Waals surface area contributed by atoms with Crippen molar-refractivity contribution in [3.05, 3.63) is 42.9 Å². The molecule has 1 N–H and O–H groups in total. The molecule has 2 aliphatic rings. The topological polar surface area (TPSA) is 55.1 Å². The van der Waals surface area contributed by atoms with Crippen LogP contribution in [0.25, 0.3) is 16.9 Å². The van der Waals surface area contributed by atoms with E-state index >= 15 is 0 Å². The van der Waals surface area contributed by atoms with Gasteiger partial charge in [-0.1, -0.05) is 6.42 Å². The quantitative estimate of drug-likeness (QED) is 0.806. The smallest absolute Gasteiger partial charge is 0.154 e. The molecular formula is C18H19N5. The molecule has 0 amide bonds. The summed E-state index contributed by atoms with van der Waals surface area (Å²) in [7, 11) is 0. The maximum atomic E-state index is 4.78. The first-order valence-corrected chi connectivity index (χ1v) is 8.38. The van der Waals surface area contributed by atoms with Crippen LogP contribution in [0.1, 0.15) is 25.7 Å². The fraction of sp³-hybridized carbons (Fsp3) is 0.389. The zero-order valence-electron chi connectivity index (χ0n) is 12.9. The summed E-state index contributed by atoms with van der Waals surface area (Å²) in [6, 6.07) is 8.65. The summed E-state index contributed by atoms with van der Waals surface area (Å²) in [4.78, 5) is 8.54. The summed E-state index contributed by atoms with van der Waals surface area (Å²) < 4.78 is 1.92. The molecule has 0 radical (unpaired) electrons. The number of hydrogen-bond acceptors (Lipinski definition) is 4. The number of imidazole rings is 1. The van der Waals surface area contributed by atoms with E-state index in [4.69, 9.17) is 5.10 Å². The highest BCUT2D eigenvalue weighted by molar-refractivity contribution is 5.63. The number of anilines is 1. The normalized spacial score (nSPS) is 26.0. The van der Waals surface area contributed by atoms with Gasteiger partial charge in [0, 0.05) is 24.0 Å². The number of nitrogens with zero attached hydrogens (tertiary/aromatic N) is 4. The molecule has 3 atom stereocenters. The number of fused-ring (bicyclic) bond motifs is 3. The minimum Gasteiger partial charge on any atom is -0.366 e. The van der Waals surface area contributed by atoms with Crippen molar-refractivity contribution in [2.75, 3.05) is 5.32 Å². The van der Waals surface area contributed by atoms with Gasteiger partial charge in [-0.25, -0.2) is 9.50 Å². The van der Waals surface area contributed by atoms with Gasteiger partial charge in [0.2, 0.25) is 0 Å². The van der Waals surface area contributed by atoms with Gasteiger partial charge in [-0.05, 0) is 55.4 Å². The van der Waals surface area contributed by atoms with Crippen LogP contribution in [0.2, 0.25) is 0 Å². The van der Waals surface area contributed by atoms with Crippen molar-refractivity contribution in [1.82, 2.24) is 19.6 Å². The molecule has 2 fully saturated rings. The second kappa shape index (κ2) is 5.05. The van der Waals surface area contributed by atoms with Crippen LogP contribution >= 0.6 is 0 Å². The molecule has 3 aromatic rings. The summed E-state index contributed by atoms with van der Waals surface area (Å²) in [6.07, 6.45) is 11.0. The summed E-state index contributed by atoms with van der Waals surface area (Å²) in [6.45, 7) is 0. The van der Waals surface area contributed by atoms with Gasteiger partial charge in [0.15, 0.2) is 5.65 Å². The third kappa shape index (κ3) is 2.19. The first kappa shape index (κ1) is 13.0. The van der Waals surface area contributed by atoms with E-state index in [2.05, 4.69) is 15.3 Å². The van der Waals surface area contributed by atoms with E-state index in [0.29, 0.717) is 6.04 Å². The maximum Gasteiger partial charge on any atom is 0.154 e. The zero-order valence-corrected chi connectivity index (χ0v) is 12.9. The van der Waals surface area contributed by atoms with Gasteiger partial charge in [-0.3, -0.25) is 4.98 Å². The van der Waals surface area contributed by atoms with E-state index in [-0.39, 0.29) is 0 Å². The summed E-state index contributed by atoms with van der Waals surface area (Å²) in [5, 5.41) is 8.44. The summed E-state index contributed by atoms with van der Waals surface area (Å²) >= 11 is 0. The van der Waals surface area contributed by atoms with Crippen molar-refractivity contribution < 1.29 is 0 Å². The fourth-order valence-electron chi connectivity index (χ4n) is 4.28. The molecule has 5 rings (SSSR count). The predicted molar refractivity (Wildman–Crippen MR) is 89.1 cm³/mol. The number of hydrogen-bond donors (Lipinski definition) is 1. The Hall–Kier alpha value is -2.43. The zero-order chi connectivity index (χ0) is 15.2. The number of nitrogens with one attached hydrogen (secondary N) is 1. The largest absolute Gasteiger partial charge is 0.366 e. The fourth-order valence-corrected chi connectivity index (χ4v) is 4.28. The second-order valence-electron chi connectivity index (χ2n) is 6.79. The van der Waals surface area contributed by atoms with Gasteiger partial charge in [-0.15, -0.1) is 5.10 Å². The van der Waals surface area contributed by atoms with Crippen LogP contribution in [0.5, 0.6) is 0 Å². The van der Waals surface area contributed by atoms with Gasteiger partial charge >= 0.3 is 0 Å². The lowest BCUT2D eigenvalue weighted by Crippen LogP contribution is -2.26. The molecule has 2 unspecified atom stereocenters. The summed E-state index contributed by atoms with van der Waals surface area (Å²) in [5.74, 6) is 2.71. The van der Waals surface area contributed by atoms with Gasteiger partial charge in [0.1, 0.15) is 5.82 Å². The minimum atomic E-state index is 0.589. The Labute approximate surface area is 134 Å². The Balaban J connectivity index is 1.49. The molecule has 3 heterocycles. The van der Waals surface area contributed by atoms with Gasteiger partial charge in [0.25, 0.3) is 0 Å². The molecule has 0 aliphatic heterocycles. The van der Waals surface area contributed by atoms with Crippen molar-refractivity contribution in [1.29, 1.82) is 0 Å². The molecule has 5 heteroatoms. The third-order valence-corrected chi connectivity index (χ3v) is 5.41. The van der Waals surface area contributed by atoms with E-state index in [0.717, 1.165) is 34.6 Å². The Kier molecular flexibility index (Phi) is 2.86. The van der Waals surface area contributed by atoms with Crippen LogP contribution in [0.4, 0.5) is 5.82 Å². The van der Waals surface area contributed by atoms with Crippen molar-refractivity contribution >= 4 is 11.5 Å². The van der Waals surface area contributed by atoms with Crippen molar-refractivity contribution in [2.45, 2.75) is 31.7 Å². The number of pyridine rings is 1. The third-order valence-electron chi connectivity index (χ3n) is 5.41. The Morgan fingerprint density at radius 3 is 2.74 bits per heavy atom. The molecule has 0 aromatic carbocycles. The highest BCUT2D eigenvalue weighted by Crippen LogP contribution is 2.45. The standard InChI is InChI=1S/C18H19N5/c1-2-14-9-12(1)10-15(14)21-17-3-4-18-20-11-16(23(18)22-17)13-5-7-19-8-6-13/h3-8,11-12,14-15H,1-2,9-10H2,(H,21,22)/t12?,14?,15-/m1/s1. The van der Waals surface area contributed by atoms with Crippen LogP contribution in [-0.4, -0.2) is 25.6 Å². The van der Waals surface area contributed by atoms with Crippen LogP contribution in [0, 0.1) is 11.8 Å². The SMILES string of the molecule is c1cc(-c2cnc3ccc(N[C@@H]4CC5CCC4C5)nn23)ccn1. The van der Waals surface area contributed by atoms with E-state index < -0.39 is 0 Å². The van der Waals surface area contributed by atoms with E-state index in [9.17, 15) is 0 Å². The Bertz CT molecular complexity index is 841. The minimum absolute atomic E-state index is 0.589. The first-order chi connectivity index (χ1) is 11.4. The molecule has 0 spiro atoms. The van der Waals surface area contributed by atoms with Gasteiger partial charge in [-0.2, -0.15) is 0 Å². The Morgan fingerprint density at radius 2 is 1.96 bits per heavy atom. The lowest BCUT2D eigenvalue weighted by atomic mass is 9.95. The molecule has 5 nitrogen and oxygen atoms in total. The lowest BCUT2D eigenvalue weighted by molar-refractivity contribution is 0.438. The Morgan fingerprint density at radius 1 is 1.04 bits per heavy atom. The number of aromatic nitrogens is 4. The molecule has 23 heavy (non-hydrogen) atoms. The predicted octanol–water partition coefficient (Wildman–Crippen LogP) is 3.39. The van der Waals surface area contributed by atoms with Crippen LogP contribution in [-0.2, 0) is 0 Å². The number of rotatable bonds is 3. The summed E-state index contributed by atoms with van der Waals surface area (Å²) in [5.41, 5.74) is 2.95. The molecule has 2 saturated carbocycles. The molecule has 2 aliphatic carbocycles. The molecule has 116 valence electrons. The second-order valence-corrected chi connectivity index (χ2v) is 6.79. The molecule has 3 aromatic heterocycles. The highest BCUT2D eigenvalue weighted by atomic mass is 15.3. The molecule has 2 bridgehead atoms. The van der Waals surface area contributed by atoms with E-state index in [1.165, 1.54) is 25.7 Å². The van der Waals surface area contributed by atoms with Crippen LogP contribution < -0.4 is 5.32 Å². The van der Waals surface area contributed by atoms with Crippen molar-refractivity contribution in [2.24, 2.45) is 11.8 Å². The van der Waals surface area contributed by atoms with E-state index in [1.807, 2.05) is 35.0 Å². The van der Waals surface area contributed by atoms with Crippen molar-refractivity contribution in [3.8, 4) is 11.3 Å². The highest BCUT2D eigenvalue weighted by Gasteiger charge is 2.39. The average molecular weight is 305 g/mol. The van der Waals surface area contributed by atoms with Gasteiger partial charge < -0.3 is 5.32 Å². The maximum absolute atomic E-state index is 4.78. The van der Waals surface area contributed by atoms with Crippen LogP contribution in [0.15, 0.2) is 42.9 Å². The molecular weight excluding hydrogens is 286 g/mol. The first-order valence-electron chi connectivity index (χ1n) is 8.38.